The average molecular weight is 509 g/mol. The van der Waals surface area contributed by atoms with Gasteiger partial charge in [-0.05, 0) is 23.8 Å². The third kappa shape index (κ3) is 4.52. The molecule has 0 aliphatic carbocycles. The number of amides is 2. The maximum Gasteiger partial charge on any atom is 0.410 e. The van der Waals surface area contributed by atoms with E-state index in [1.54, 1.807) is 9.80 Å². The number of non-ortho nitro benzene ring substituents is 1. The molecule has 0 saturated carbocycles. The topological polar surface area (TPSA) is 93.0 Å². The summed E-state index contributed by atoms with van der Waals surface area (Å²) >= 11 is 9.54. The number of carbonyl (C=O) groups excluding carboxylic acids is 2. The van der Waals surface area contributed by atoms with E-state index in [9.17, 15) is 19.7 Å². The maximum atomic E-state index is 12.9. The van der Waals surface area contributed by atoms with Crippen molar-refractivity contribution in [3.05, 3.63) is 73.2 Å². The van der Waals surface area contributed by atoms with E-state index in [4.69, 9.17) is 16.3 Å². The van der Waals surface area contributed by atoms with Crippen LogP contribution < -0.4 is 0 Å². The summed E-state index contributed by atoms with van der Waals surface area (Å²) in [6.07, 6.45) is 0.687. The molecule has 0 aromatic heterocycles. The molecule has 2 aromatic carbocycles. The molecule has 1 spiro atoms. The van der Waals surface area contributed by atoms with Crippen LogP contribution in [0.2, 0.25) is 5.02 Å². The molecule has 2 aliphatic heterocycles. The zero-order valence-electron chi connectivity index (χ0n) is 16.4. The molecule has 0 bridgehead atoms. The van der Waals surface area contributed by atoms with Crippen LogP contribution in [0.4, 0.5) is 10.5 Å². The molecule has 2 heterocycles. The van der Waals surface area contributed by atoms with Gasteiger partial charge in [0.15, 0.2) is 0 Å². The Kier molecular flexibility index (Phi) is 5.90. The molecule has 0 N–H and O–H groups in total. The summed E-state index contributed by atoms with van der Waals surface area (Å²) in [5.41, 5.74) is 0.452. The molecule has 31 heavy (non-hydrogen) atoms. The summed E-state index contributed by atoms with van der Waals surface area (Å²) in [5, 5.41) is 10.9. The van der Waals surface area contributed by atoms with Crippen LogP contribution in [0.25, 0.3) is 0 Å². The first-order chi connectivity index (χ1) is 14.8. The zero-order chi connectivity index (χ0) is 22.2. The van der Waals surface area contributed by atoms with E-state index in [2.05, 4.69) is 15.9 Å². The predicted molar refractivity (Wildman–Crippen MR) is 117 cm³/mol. The van der Waals surface area contributed by atoms with E-state index in [1.807, 2.05) is 24.3 Å². The number of hydrogen-bond donors (Lipinski definition) is 0. The van der Waals surface area contributed by atoms with Crippen LogP contribution in [0, 0.1) is 10.1 Å². The van der Waals surface area contributed by atoms with Crippen molar-refractivity contribution in [1.29, 1.82) is 0 Å². The van der Waals surface area contributed by atoms with Gasteiger partial charge in [-0.15, -0.1) is 0 Å². The van der Waals surface area contributed by atoms with Gasteiger partial charge in [0.25, 0.3) is 11.6 Å². The van der Waals surface area contributed by atoms with Gasteiger partial charge in [0.05, 0.1) is 22.1 Å². The number of nitrogens with zero attached hydrogens (tertiary/aromatic N) is 3. The molecule has 2 aromatic rings. The van der Waals surface area contributed by atoms with E-state index in [1.165, 1.54) is 18.2 Å². The van der Waals surface area contributed by atoms with Gasteiger partial charge < -0.3 is 9.64 Å². The van der Waals surface area contributed by atoms with Crippen molar-refractivity contribution in [3.63, 3.8) is 0 Å². The number of ether oxygens (including phenoxy) is 1. The molecule has 8 nitrogen and oxygen atoms in total. The van der Waals surface area contributed by atoms with Crippen molar-refractivity contribution in [2.24, 2.45) is 0 Å². The van der Waals surface area contributed by atoms with Crippen LogP contribution in [-0.2, 0) is 11.3 Å². The zero-order valence-corrected chi connectivity index (χ0v) is 18.8. The number of halogens is 2. The lowest BCUT2D eigenvalue weighted by Crippen LogP contribution is -2.48. The molecule has 2 saturated heterocycles. The van der Waals surface area contributed by atoms with Gasteiger partial charge in [-0.1, -0.05) is 39.7 Å². The summed E-state index contributed by atoms with van der Waals surface area (Å²) in [7, 11) is 0. The molecule has 2 aliphatic rings. The number of hydrogen-bond acceptors (Lipinski definition) is 5. The van der Waals surface area contributed by atoms with Gasteiger partial charge in [-0.25, -0.2) is 4.79 Å². The van der Waals surface area contributed by atoms with E-state index in [0.29, 0.717) is 39.0 Å². The highest BCUT2D eigenvalue weighted by Gasteiger charge is 2.47. The molecular weight excluding hydrogens is 490 g/mol. The second-order valence-corrected chi connectivity index (χ2v) is 9.07. The number of nitro groups is 1. The second-order valence-electron chi connectivity index (χ2n) is 7.75. The van der Waals surface area contributed by atoms with Gasteiger partial charge in [0.1, 0.15) is 5.60 Å². The SMILES string of the molecule is O=C1OC2(CCN(C(=O)c3ccc([N+](=O)[O-])cc3Cl)CC2)CN1Cc1cccc(Br)c1. The Bertz CT molecular complexity index is 1060. The second kappa shape index (κ2) is 8.47. The molecule has 2 amide bonds. The van der Waals surface area contributed by atoms with E-state index in [0.717, 1.165) is 10.0 Å². The molecular formula is C21H19BrClN3O5. The lowest BCUT2D eigenvalue weighted by molar-refractivity contribution is -0.384. The molecule has 2 fully saturated rings. The summed E-state index contributed by atoms with van der Waals surface area (Å²) in [6.45, 7) is 1.74. The van der Waals surface area contributed by atoms with Crippen LogP contribution in [-0.4, -0.2) is 52.0 Å². The summed E-state index contributed by atoms with van der Waals surface area (Å²) < 4.78 is 6.69. The summed E-state index contributed by atoms with van der Waals surface area (Å²) in [4.78, 5) is 38.9. The van der Waals surface area contributed by atoms with Crippen LogP contribution in [0.1, 0.15) is 28.8 Å². The lowest BCUT2D eigenvalue weighted by atomic mass is 9.91. The highest BCUT2D eigenvalue weighted by Crippen LogP contribution is 2.35. The molecule has 0 unspecified atom stereocenters. The Labute approximate surface area is 192 Å². The van der Waals surface area contributed by atoms with Crippen LogP contribution in [0.3, 0.4) is 0 Å². The van der Waals surface area contributed by atoms with Crippen LogP contribution >= 0.6 is 27.5 Å². The Balaban J connectivity index is 1.39. The summed E-state index contributed by atoms with van der Waals surface area (Å²) in [5.74, 6) is -0.287. The van der Waals surface area contributed by atoms with Gasteiger partial charge in [-0.3, -0.25) is 19.8 Å². The van der Waals surface area contributed by atoms with Crippen molar-refractivity contribution in [3.8, 4) is 0 Å². The minimum absolute atomic E-state index is 0.0481. The first kappa shape index (κ1) is 21.6. The minimum Gasteiger partial charge on any atom is -0.441 e. The van der Waals surface area contributed by atoms with E-state index in [-0.39, 0.29) is 28.3 Å². The lowest BCUT2D eigenvalue weighted by Gasteiger charge is -2.37. The van der Waals surface area contributed by atoms with Crippen molar-refractivity contribution < 1.29 is 19.2 Å². The first-order valence-corrected chi connectivity index (χ1v) is 10.9. The Morgan fingerprint density at radius 1 is 1.23 bits per heavy atom. The smallest absolute Gasteiger partial charge is 0.410 e. The number of piperidine rings is 1. The van der Waals surface area contributed by atoms with Crippen molar-refractivity contribution >= 4 is 45.2 Å². The fourth-order valence-electron chi connectivity index (χ4n) is 4.01. The quantitative estimate of drug-likeness (QED) is 0.443. The van der Waals surface area contributed by atoms with E-state index < -0.39 is 10.5 Å². The minimum atomic E-state index is -0.612. The van der Waals surface area contributed by atoms with Crippen molar-refractivity contribution in [2.75, 3.05) is 19.6 Å². The Hall–Kier alpha value is -2.65. The number of carbonyl (C=O) groups is 2. The maximum absolute atomic E-state index is 12.9. The van der Waals surface area contributed by atoms with E-state index >= 15 is 0 Å². The van der Waals surface area contributed by atoms with Gasteiger partial charge in [-0.2, -0.15) is 0 Å². The largest absolute Gasteiger partial charge is 0.441 e. The highest BCUT2D eigenvalue weighted by atomic mass is 79.9. The first-order valence-electron chi connectivity index (χ1n) is 9.72. The molecule has 10 heteroatoms. The number of benzene rings is 2. The highest BCUT2D eigenvalue weighted by molar-refractivity contribution is 9.10. The third-order valence-corrected chi connectivity index (χ3v) is 6.47. The van der Waals surface area contributed by atoms with Gasteiger partial charge in [0, 0.05) is 49.1 Å². The van der Waals surface area contributed by atoms with Gasteiger partial charge in [0.2, 0.25) is 0 Å². The molecule has 0 atom stereocenters. The Morgan fingerprint density at radius 2 is 1.97 bits per heavy atom. The number of rotatable bonds is 4. The van der Waals surface area contributed by atoms with Crippen molar-refractivity contribution in [2.45, 2.75) is 25.0 Å². The van der Waals surface area contributed by atoms with Crippen LogP contribution in [0.15, 0.2) is 46.9 Å². The van der Waals surface area contributed by atoms with Gasteiger partial charge >= 0.3 is 6.09 Å². The van der Waals surface area contributed by atoms with Crippen molar-refractivity contribution in [1.82, 2.24) is 9.80 Å². The average Bonchev–Trinajstić information content (AvgIpc) is 3.02. The predicted octanol–water partition coefficient (Wildman–Crippen LogP) is 4.64. The monoisotopic (exact) mass is 507 g/mol. The number of nitro benzene ring substituents is 1. The normalized spacial score (nSPS) is 17.7. The molecule has 162 valence electrons. The standard InChI is InChI=1S/C21H19BrClN3O5/c22-15-3-1-2-14(10-15)12-25-13-21(31-20(25)28)6-8-24(9-7-21)19(27)17-5-4-16(26(29)30)11-18(17)23/h1-5,10-11H,6-9,12-13H2. The molecule has 0 radical (unpaired) electrons. The van der Waals surface area contributed by atoms with Crippen LogP contribution in [0.5, 0.6) is 0 Å². The third-order valence-electron chi connectivity index (χ3n) is 5.66. The Morgan fingerprint density at radius 3 is 2.61 bits per heavy atom. The summed E-state index contributed by atoms with van der Waals surface area (Å²) in [6, 6.07) is 11.6. The fourth-order valence-corrected chi connectivity index (χ4v) is 4.71. The molecule has 4 rings (SSSR count). The number of likely N-dealkylation sites (tertiary alicyclic amines) is 1. The fraction of sp³-hybridized carbons (Fsp3) is 0.333.